The van der Waals surface area contributed by atoms with Crippen LogP contribution in [0.3, 0.4) is 0 Å². The second-order valence-electron chi connectivity index (χ2n) is 5.12. The molecule has 23 heavy (non-hydrogen) atoms. The lowest BCUT2D eigenvalue weighted by Gasteiger charge is -2.23. The van der Waals surface area contributed by atoms with E-state index in [9.17, 15) is 18.8 Å². The summed E-state index contributed by atoms with van der Waals surface area (Å²) < 4.78 is 13.9. The Bertz CT molecular complexity index is 638. The summed E-state index contributed by atoms with van der Waals surface area (Å²) in [7, 11) is 0. The summed E-state index contributed by atoms with van der Waals surface area (Å²) in [4.78, 5) is 36.6. The second-order valence-corrected chi connectivity index (χ2v) is 6.12. The van der Waals surface area contributed by atoms with Gasteiger partial charge in [-0.15, -0.1) is 11.8 Å². The number of carboxylic acids is 1. The monoisotopic (exact) mass is 340 g/mol. The molecule has 2 N–H and O–H groups in total. The number of rotatable bonds is 5. The van der Waals surface area contributed by atoms with Crippen molar-refractivity contribution >= 4 is 35.2 Å². The Hall–Kier alpha value is -2.09. The van der Waals surface area contributed by atoms with Crippen LogP contribution in [0, 0.1) is 5.82 Å². The predicted molar refractivity (Wildman–Crippen MR) is 84.9 cm³/mol. The van der Waals surface area contributed by atoms with Crippen molar-refractivity contribution in [3.63, 3.8) is 0 Å². The molecular weight excluding hydrogens is 323 g/mol. The van der Waals surface area contributed by atoms with E-state index in [0.717, 1.165) is 6.07 Å². The van der Waals surface area contributed by atoms with Gasteiger partial charge in [0.2, 0.25) is 11.8 Å². The number of benzene rings is 1. The molecule has 1 aromatic carbocycles. The van der Waals surface area contributed by atoms with Crippen LogP contribution in [0.1, 0.15) is 30.1 Å². The molecule has 1 heterocycles. The van der Waals surface area contributed by atoms with Gasteiger partial charge in [-0.1, -0.05) is 6.92 Å². The molecular formula is C15H17FN2O4S. The van der Waals surface area contributed by atoms with E-state index < -0.39 is 23.7 Å². The number of carboxylic acid groups (broad SMARTS) is 1. The first-order valence-corrected chi connectivity index (χ1v) is 8.30. The molecule has 2 amide bonds. The van der Waals surface area contributed by atoms with Crippen molar-refractivity contribution in [2.75, 3.05) is 16.9 Å². The number of nitrogens with one attached hydrogen (secondary N) is 1. The topological polar surface area (TPSA) is 86.7 Å². The van der Waals surface area contributed by atoms with E-state index in [4.69, 9.17) is 5.11 Å². The Labute approximate surface area is 137 Å². The van der Waals surface area contributed by atoms with Crippen molar-refractivity contribution < 1.29 is 23.9 Å². The normalized spacial score (nSPS) is 17.1. The SMILES string of the molecule is CCCC(=O)N1CSCC1C(=O)Nc1ccc(C(=O)O)cc1F. The fourth-order valence-corrected chi connectivity index (χ4v) is 3.41. The minimum atomic E-state index is -1.25. The Morgan fingerprint density at radius 2 is 2.17 bits per heavy atom. The van der Waals surface area contributed by atoms with E-state index in [1.165, 1.54) is 28.8 Å². The molecule has 1 fully saturated rings. The molecule has 1 aromatic rings. The number of carbonyl (C=O) groups is 3. The van der Waals surface area contributed by atoms with Crippen LogP contribution >= 0.6 is 11.8 Å². The molecule has 0 saturated carbocycles. The molecule has 6 nitrogen and oxygen atoms in total. The quantitative estimate of drug-likeness (QED) is 0.858. The maximum absolute atomic E-state index is 13.9. The van der Waals surface area contributed by atoms with Crippen molar-refractivity contribution in [1.29, 1.82) is 0 Å². The van der Waals surface area contributed by atoms with Crippen molar-refractivity contribution in [2.45, 2.75) is 25.8 Å². The largest absolute Gasteiger partial charge is 0.478 e. The minimum Gasteiger partial charge on any atom is -0.478 e. The molecule has 0 aromatic heterocycles. The highest BCUT2D eigenvalue weighted by Crippen LogP contribution is 2.24. The average Bonchev–Trinajstić information content (AvgIpc) is 2.99. The predicted octanol–water partition coefficient (Wildman–Crippen LogP) is 2.16. The van der Waals surface area contributed by atoms with Crippen molar-refractivity contribution in [1.82, 2.24) is 4.90 Å². The first-order valence-electron chi connectivity index (χ1n) is 7.15. The van der Waals surface area contributed by atoms with Crippen LogP contribution in [0.5, 0.6) is 0 Å². The minimum absolute atomic E-state index is 0.0974. The molecule has 0 spiro atoms. The van der Waals surface area contributed by atoms with E-state index in [1.807, 2.05) is 6.92 Å². The Morgan fingerprint density at radius 3 is 2.78 bits per heavy atom. The van der Waals surface area contributed by atoms with Gasteiger partial charge in [0.1, 0.15) is 11.9 Å². The summed E-state index contributed by atoms with van der Waals surface area (Å²) >= 11 is 1.47. The molecule has 2 rings (SSSR count). The van der Waals surface area contributed by atoms with Gasteiger partial charge in [-0.05, 0) is 24.6 Å². The fraction of sp³-hybridized carbons (Fsp3) is 0.400. The van der Waals surface area contributed by atoms with Gasteiger partial charge in [-0.3, -0.25) is 9.59 Å². The molecule has 1 aliphatic rings. The smallest absolute Gasteiger partial charge is 0.335 e. The zero-order valence-corrected chi connectivity index (χ0v) is 13.4. The average molecular weight is 340 g/mol. The third-order valence-corrected chi connectivity index (χ3v) is 4.46. The van der Waals surface area contributed by atoms with Gasteiger partial charge in [-0.25, -0.2) is 9.18 Å². The summed E-state index contributed by atoms with van der Waals surface area (Å²) in [6, 6.07) is 2.63. The lowest BCUT2D eigenvalue weighted by Crippen LogP contribution is -2.44. The zero-order valence-electron chi connectivity index (χ0n) is 12.5. The summed E-state index contributed by atoms with van der Waals surface area (Å²) in [6.45, 7) is 1.88. The molecule has 0 radical (unpaired) electrons. The first kappa shape index (κ1) is 17.3. The highest BCUT2D eigenvalue weighted by atomic mass is 32.2. The highest BCUT2D eigenvalue weighted by Gasteiger charge is 2.34. The van der Waals surface area contributed by atoms with Gasteiger partial charge in [0, 0.05) is 12.2 Å². The second kappa shape index (κ2) is 7.45. The lowest BCUT2D eigenvalue weighted by atomic mass is 10.2. The van der Waals surface area contributed by atoms with E-state index in [2.05, 4.69) is 5.32 Å². The van der Waals surface area contributed by atoms with Crippen molar-refractivity contribution in [3.05, 3.63) is 29.6 Å². The number of hydrogen-bond donors (Lipinski definition) is 2. The Balaban J connectivity index is 2.09. The third-order valence-electron chi connectivity index (χ3n) is 3.44. The van der Waals surface area contributed by atoms with Gasteiger partial charge in [0.05, 0.1) is 17.1 Å². The van der Waals surface area contributed by atoms with Gasteiger partial charge in [-0.2, -0.15) is 0 Å². The van der Waals surface area contributed by atoms with E-state index >= 15 is 0 Å². The Morgan fingerprint density at radius 1 is 1.43 bits per heavy atom. The third kappa shape index (κ3) is 4.01. The first-order chi connectivity index (χ1) is 10.9. The number of halogens is 1. The standard InChI is InChI=1S/C15H17FN2O4S/c1-2-3-13(19)18-8-23-7-12(18)14(20)17-11-5-4-9(15(21)22)6-10(11)16/h4-6,12H,2-3,7-8H2,1H3,(H,17,20)(H,21,22). The van der Waals surface area contributed by atoms with Crippen molar-refractivity contribution in [2.24, 2.45) is 0 Å². The molecule has 1 atom stereocenters. The summed E-state index contributed by atoms with van der Waals surface area (Å²) in [5.74, 6) is -1.74. The molecule has 124 valence electrons. The lowest BCUT2D eigenvalue weighted by molar-refractivity contribution is -0.136. The van der Waals surface area contributed by atoms with Gasteiger partial charge in [0.15, 0.2) is 0 Å². The zero-order chi connectivity index (χ0) is 17.0. The molecule has 0 aliphatic carbocycles. The summed E-state index contributed by atoms with van der Waals surface area (Å²) in [5.41, 5.74) is -0.295. The maximum atomic E-state index is 13.9. The van der Waals surface area contributed by atoms with Gasteiger partial charge >= 0.3 is 5.97 Å². The van der Waals surface area contributed by atoms with Crippen LogP contribution in [0.15, 0.2) is 18.2 Å². The van der Waals surface area contributed by atoms with Crippen LogP contribution in [0.25, 0.3) is 0 Å². The van der Waals surface area contributed by atoms with Crippen LogP contribution < -0.4 is 5.32 Å². The number of thioether (sulfide) groups is 1. The number of hydrogen-bond acceptors (Lipinski definition) is 4. The fourth-order valence-electron chi connectivity index (χ4n) is 2.23. The number of aromatic carboxylic acids is 1. The van der Waals surface area contributed by atoms with E-state index in [1.54, 1.807) is 0 Å². The van der Waals surface area contributed by atoms with Gasteiger partial charge < -0.3 is 15.3 Å². The Kier molecular flexibility index (Phi) is 5.59. The molecule has 1 saturated heterocycles. The summed E-state index contributed by atoms with van der Waals surface area (Å²) in [6.07, 6.45) is 1.06. The number of anilines is 1. The van der Waals surface area contributed by atoms with Crippen LogP contribution in [-0.4, -0.2) is 45.5 Å². The van der Waals surface area contributed by atoms with Crippen LogP contribution in [0.2, 0.25) is 0 Å². The van der Waals surface area contributed by atoms with Crippen LogP contribution in [-0.2, 0) is 9.59 Å². The molecule has 0 bridgehead atoms. The molecule has 1 unspecified atom stereocenters. The number of carbonyl (C=O) groups excluding carboxylic acids is 2. The van der Waals surface area contributed by atoms with E-state index in [0.29, 0.717) is 24.5 Å². The maximum Gasteiger partial charge on any atom is 0.335 e. The van der Waals surface area contributed by atoms with Gasteiger partial charge in [0.25, 0.3) is 0 Å². The van der Waals surface area contributed by atoms with Crippen molar-refractivity contribution in [3.8, 4) is 0 Å². The number of amides is 2. The number of nitrogens with zero attached hydrogens (tertiary/aromatic N) is 1. The summed E-state index contributed by atoms with van der Waals surface area (Å²) in [5, 5.41) is 11.2. The molecule has 1 aliphatic heterocycles. The molecule has 8 heteroatoms. The highest BCUT2D eigenvalue weighted by molar-refractivity contribution is 7.99. The van der Waals surface area contributed by atoms with Crippen LogP contribution in [0.4, 0.5) is 10.1 Å². The van der Waals surface area contributed by atoms with E-state index in [-0.39, 0.29) is 17.2 Å².